The van der Waals surface area contributed by atoms with Gasteiger partial charge in [-0.15, -0.1) is 0 Å². The van der Waals surface area contributed by atoms with Crippen LogP contribution in [0.5, 0.6) is 5.75 Å². The van der Waals surface area contributed by atoms with Gasteiger partial charge in [0.05, 0.1) is 11.3 Å². The number of primary sulfonamides is 1. The Kier molecular flexibility index (Phi) is 5.77. The molecule has 3 N–H and O–H groups in total. The minimum atomic E-state index is -3.78. The maximum absolute atomic E-state index is 11.4. The largest absolute Gasteiger partial charge is 0.489 e. The number of aliphatic carboxylic acids is 1. The van der Waals surface area contributed by atoms with Gasteiger partial charge in [0.1, 0.15) is 12.4 Å². The van der Waals surface area contributed by atoms with Gasteiger partial charge in [-0.1, -0.05) is 48.5 Å². The molecule has 0 spiro atoms. The van der Waals surface area contributed by atoms with Crippen LogP contribution < -0.4 is 9.88 Å². The Hall–Kier alpha value is -3.16. The van der Waals surface area contributed by atoms with Crippen LogP contribution in [0.1, 0.15) is 11.1 Å². The van der Waals surface area contributed by atoms with Crippen molar-refractivity contribution >= 4 is 16.0 Å². The molecule has 144 valence electrons. The number of sulfonamides is 1. The zero-order valence-corrected chi connectivity index (χ0v) is 15.7. The van der Waals surface area contributed by atoms with E-state index in [1.165, 1.54) is 12.1 Å². The molecule has 0 heterocycles. The quantitative estimate of drug-likeness (QED) is 0.637. The molecule has 0 amide bonds. The van der Waals surface area contributed by atoms with Gasteiger partial charge in [0.25, 0.3) is 0 Å². The normalized spacial score (nSPS) is 11.2. The van der Waals surface area contributed by atoms with Crippen molar-refractivity contribution in [1.29, 1.82) is 0 Å². The monoisotopic (exact) mass is 397 g/mol. The van der Waals surface area contributed by atoms with Gasteiger partial charge in [-0.3, -0.25) is 4.79 Å². The molecule has 3 aromatic rings. The molecule has 0 aliphatic rings. The first-order valence-corrected chi connectivity index (χ1v) is 10.0. The van der Waals surface area contributed by atoms with E-state index in [2.05, 4.69) is 0 Å². The summed E-state index contributed by atoms with van der Waals surface area (Å²) in [4.78, 5) is 11.2. The summed E-state index contributed by atoms with van der Waals surface area (Å²) < 4.78 is 28.7. The minimum absolute atomic E-state index is 0.0125. The Morgan fingerprint density at radius 3 is 2.18 bits per heavy atom. The molecule has 3 aromatic carbocycles. The lowest BCUT2D eigenvalue weighted by atomic mass is 10.0. The lowest BCUT2D eigenvalue weighted by Gasteiger charge is -2.11. The van der Waals surface area contributed by atoms with Crippen molar-refractivity contribution in [1.82, 2.24) is 0 Å². The zero-order chi connectivity index (χ0) is 20.1. The third-order valence-corrected chi connectivity index (χ3v) is 5.02. The van der Waals surface area contributed by atoms with Crippen LogP contribution in [0.4, 0.5) is 0 Å². The molecule has 0 saturated carbocycles. The summed E-state index contributed by atoms with van der Waals surface area (Å²) in [6.07, 6.45) is -0.148. The van der Waals surface area contributed by atoms with Gasteiger partial charge in [0, 0.05) is 0 Å². The van der Waals surface area contributed by atoms with Gasteiger partial charge in [-0.2, -0.15) is 0 Å². The number of carboxylic acid groups (broad SMARTS) is 1. The molecular weight excluding hydrogens is 378 g/mol. The number of nitrogens with two attached hydrogens (primary N) is 1. The fraction of sp³-hybridized carbons (Fsp3) is 0.0952. The molecule has 0 aromatic heterocycles. The number of ether oxygens (including phenoxy) is 1. The molecular formula is C21H19NO5S. The van der Waals surface area contributed by atoms with E-state index in [-0.39, 0.29) is 11.3 Å². The number of carbonyl (C=O) groups is 1. The smallest absolute Gasteiger partial charge is 0.307 e. The molecule has 0 bridgehead atoms. The van der Waals surface area contributed by atoms with Crippen LogP contribution in [-0.2, 0) is 27.8 Å². The molecule has 0 saturated heterocycles. The standard InChI is InChI=1S/C21H19NO5S/c22-28(25,26)20-8-6-17(7-9-20)18-10-16(12-21(23)24)11-19(13-18)27-14-15-4-2-1-3-5-15/h1-11,13H,12,14H2,(H,23,24)(H2,22,25,26). The highest BCUT2D eigenvalue weighted by atomic mass is 32.2. The fourth-order valence-electron chi connectivity index (χ4n) is 2.77. The average Bonchev–Trinajstić information content (AvgIpc) is 2.66. The molecule has 0 aliphatic carbocycles. The van der Waals surface area contributed by atoms with Gasteiger partial charge >= 0.3 is 5.97 Å². The van der Waals surface area contributed by atoms with Crippen molar-refractivity contribution < 1.29 is 23.1 Å². The summed E-state index contributed by atoms with van der Waals surface area (Å²) >= 11 is 0. The van der Waals surface area contributed by atoms with Crippen LogP contribution in [-0.4, -0.2) is 19.5 Å². The van der Waals surface area contributed by atoms with Gasteiger partial charge in [-0.05, 0) is 46.5 Å². The highest BCUT2D eigenvalue weighted by molar-refractivity contribution is 7.89. The van der Waals surface area contributed by atoms with Gasteiger partial charge in [-0.25, -0.2) is 13.6 Å². The Balaban J connectivity index is 1.92. The van der Waals surface area contributed by atoms with Crippen molar-refractivity contribution in [3.63, 3.8) is 0 Å². The first-order chi connectivity index (χ1) is 13.3. The highest BCUT2D eigenvalue weighted by Gasteiger charge is 2.10. The predicted octanol–water partition coefficient (Wildman–Crippen LogP) is 3.21. The third-order valence-electron chi connectivity index (χ3n) is 4.09. The van der Waals surface area contributed by atoms with E-state index in [0.29, 0.717) is 17.9 Å². The molecule has 0 fully saturated rings. The highest BCUT2D eigenvalue weighted by Crippen LogP contribution is 2.28. The maximum atomic E-state index is 11.4. The second-order valence-electron chi connectivity index (χ2n) is 6.28. The Morgan fingerprint density at radius 1 is 0.893 bits per heavy atom. The summed E-state index contributed by atoms with van der Waals surface area (Å²) in [5.74, 6) is -0.413. The van der Waals surface area contributed by atoms with Crippen LogP contribution in [0.2, 0.25) is 0 Å². The van der Waals surface area contributed by atoms with E-state index in [0.717, 1.165) is 16.7 Å². The summed E-state index contributed by atoms with van der Waals surface area (Å²) in [6.45, 7) is 0.348. The van der Waals surface area contributed by atoms with E-state index >= 15 is 0 Å². The van der Waals surface area contributed by atoms with Crippen molar-refractivity contribution in [2.24, 2.45) is 5.14 Å². The van der Waals surface area contributed by atoms with E-state index in [1.54, 1.807) is 30.3 Å². The summed E-state index contributed by atoms with van der Waals surface area (Å²) in [5, 5.41) is 14.3. The number of benzene rings is 3. The molecule has 0 radical (unpaired) electrons. The first kappa shape index (κ1) is 19.6. The van der Waals surface area contributed by atoms with Crippen molar-refractivity contribution in [2.75, 3.05) is 0 Å². The minimum Gasteiger partial charge on any atom is -0.489 e. The Morgan fingerprint density at radius 2 is 1.57 bits per heavy atom. The van der Waals surface area contributed by atoms with E-state index in [1.807, 2.05) is 30.3 Å². The second-order valence-corrected chi connectivity index (χ2v) is 7.84. The SMILES string of the molecule is NS(=O)(=O)c1ccc(-c2cc(CC(=O)O)cc(OCc3ccccc3)c2)cc1. The van der Waals surface area contributed by atoms with E-state index in [9.17, 15) is 13.2 Å². The van der Waals surface area contributed by atoms with E-state index in [4.69, 9.17) is 15.0 Å². The van der Waals surface area contributed by atoms with Crippen molar-refractivity contribution in [3.05, 3.63) is 83.9 Å². The molecule has 6 nitrogen and oxygen atoms in total. The predicted molar refractivity (Wildman–Crippen MR) is 105 cm³/mol. The molecule has 0 atom stereocenters. The third kappa shape index (κ3) is 5.18. The number of carboxylic acids is 1. The Bertz CT molecular complexity index is 1080. The van der Waals surface area contributed by atoms with Crippen LogP contribution in [0.3, 0.4) is 0 Å². The number of hydrogen-bond acceptors (Lipinski definition) is 4. The molecule has 28 heavy (non-hydrogen) atoms. The lowest BCUT2D eigenvalue weighted by molar-refractivity contribution is -0.136. The van der Waals surface area contributed by atoms with Gasteiger partial charge in [0.2, 0.25) is 10.0 Å². The van der Waals surface area contributed by atoms with Crippen LogP contribution >= 0.6 is 0 Å². The van der Waals surface area contributed by atoms with Crippen LogP contribution in [0.25, 0.3) is 11.1 Å². The second kappa shape index (κ2) is 8.24. The van der Waals surface area contributed by atoms with Crippen LogP contribution in [0, 0.1) is 0 Å². The summed E-state index contributed by atoms with van der Waals surface area (Å²) in [5.41, 5.74) is 3.03. The van der Waals surface area contributed by atoms with Gasteiger partial charge in [0.15, 0.2) is 0 Å². The molecule has 0 aliphatic heterocycles. The zero-order valence-electron chi connectivity index (χ0n) is 14.9. The average molecular weight is 397 g/mol. The lowest BCUT2D eigenvalue weighted by Crippen LogP contribution is -2.11. The molecule has 0 unspecified atom stereocenters. The number of hydrogen-bond donors (Lipinski definition) is 2. The van der Waals surface area contributed by atoms with Gasteiger partial charge < -0.3 is 9.84 Å². The molecule has 7 heteroatoms. The summed E-state index contributed by atoms with van der Waals surface area (Å²) in [6, 6.07) is 20.9. The topological polar surface area (TPSA) is 107 Å². The number of rotatable bonds is 7. The fourth-order valence-corrected chi connectivity index (χ4v) is 3.28. The van der Waals surface area contributed by atoms with Crippen molar-refractivity contribution in [2.45, 2.75) is 17.9 Å². The summed E-state index contributed by atoms with van der Waals surface area (Å²) in [7, 11) is -3.78. The van der Waals surface area contributed by atoms with Crippen LogP contribution in [0.15, 0.2) is 77.7 Å². The van der Waals surface area contributed by atoms with E-state index < -0.39 is 16.0 Å². The maximum Gasteiger partial charge on any atom is 0.307 e. The van der Waals surface area contributed by atoms with Crippen molar-refractivity contribution in [3.8, 4) is 16.9 Å². The first-order valence-electron chi connectivity index (χ1n) is 8.47. The Labute approximate surface area is 163 Å². The molecule has 3 rings (SSSR count).